The molecule has 0 bridgehead atoms. The van der Waals surface area contributed by atoms with Crippen molar-refractivity contribution in [2.75, 3.05) is 53.5 Å². The number of methoxy groups -OCH3 is 2. The Bertz CT molecular complexity index is 716. The summed E-state index contributed by atoms with van der Waals surface area (Å²) in [6, 6.07) is 5.92. The second kappa shape index (κ2) is 9.96. The Balaban J connectivity index is 1.47. The van der Waals surface area contributed by atoms with E-state index in [2.05, 4.69) is 11.8 Å². The van der Waals surface area contributed by atoms with Crippen molar-refractivity contribution in [3.05, 3.63) is 23.8 Å². The van der Waals surface area contributed by atoms with Gasteiger partial charge in [0.1, 0.15) is 0 Å². The molecule has 1 aromatic rings. The highest BCUT2D eigenvalue weighted by Gasteiger charge is 2.27. The van der Waals surface area contributed by atoms with Gasteiger partial charge in [0, 0.05) is 38.8 Å². The zero-order valence-electron chi connectivity index (χ0n) is 17.9. The summed E-state index contributed by atoms with van der Waals surface area (Å²) in [7, 11) is 3.19. The van der Waals surface area contributed by atoms with Crippen molar-refractivity contribution in [2.45, 2.75) is 38.6 Å². The van der Waals surface area contributed by atoms with Gasteiger partial charge in [-0.1, -0.05) is 6.07 Å². The maximum Gasteiger partial charge on any atom is 0.236 e. The highest BCUT2D eigenvalue weighted by atomic mass is 16.5. The number of amides is 2. The first-order valence-corrected chi connectivity index (χ1v) is 10.5. The van der Waals surface area contributed by atoms with Gasteiger partial charge < -0.3 is 19.3 Å². The summed E-state index contributed by atoms with van der Waals surface area (Å²) in [5.41, 5.74) is 0.907. The fourth-order valence-corrected chi connectivity index (χ4v) is 4.18. The maximum absolute atomic E-state index is 12.7. The summed E-state index contributed by atoms with van der Waals surface area (Å²) < 4.78 is 10.6. The summed E-state index contributed by atoms with van der Waals surface area (Å²) in [5, 5.41) is 0. The summed E-state index contributed by atoms with van der Waals surface area (Å²) in [4.78, 5) is 31.4. The number of nitrogens with zero attached hydrogens (tertiary/aromatic N) is 3. The first-order valence-electron chi connectivity index (χ1n) is 10.5. The molecule has 0 aromatic heterocycles. The van der Waals surface area contributed by atoms with E-state index in [4.69, 9.17) is 9.47 Å². The largest absolute Gasteiger partial charge is 0.493 e. The Labute approximate surface area is 173 Å². The maximum atomic E-state index is 12.7. The molecular formula is C22H33N3O4. The second-order valence-electron chi connectivity index (χ2n) is 7.95. The quantitative estimate of drug-likeness (QED) is 0.725. The van der Waals surface area contributed by atoms with E-state index in [0.29, 0.717) is 43.6 Å². The van der Waals surface area contributed by atoms with E-state index < -0.39 is 0 Å². The Kier molecular flexibility index (Phi) is 7.36. The molecule has 2 heterocycles. The highest BCUT2D eigenvalue weighted by Crippen LogP contribution is 2.28. The average Bonchev–Trinajstić information content (AvgIpc) is 2.74. The van der Waals surface area contributed by atoms with Crippen molar-refractivity contribution in [2.24, 2.45) is 0 Å². The van der Waals surface area contributed by atoms with Crippen molar-refractivity contribution < 1.29 is 19.1 Å². The van der Waals surface area contributed by atoms with Crippen LogP contribution in [0.5, 0.6) is 11.5 Å². The van der Waals surface area contributed by atoms with Crippen LogP contribution < -0.4 is 9.47 Å². The molecule has 1 aromatic carbocycles. The van der Waals surface area contributed by atoms with Crippen LogP contribution >= 0.6 is 0 Å². The van der Waals surface area contributed by atoms with Gasteiger partial charge in [0.05, 0.1) is 27.2 Å². The molecule has 0 unspecified atom stereocenters. The number of hydrogen-bond acceptors (Lipinski definition) is 5. The Morgan fingerprint density at radius 3 is 2.34 bits per heavy atom. The van der Waals surface area contributed by atoms with E-state index in [1.807, 2.05) is 28.0 Å². The zero-order valence-corrected chi connectivity index (χ0v) is 17.9. The van der Waals surface area contributed by atoms with Gasteiger partial charge in [0.15, 0.2) is 11.5 Å². The van der Waals surface area contributed by atoms with Gasteiger partial charge in [0.25, 0.3) is 0 Å². The third-order valence-electron chi connectivity index (χ3n) is 6.01. The topological polar surface area (TPSA) is 62.3 Å². The van der Waals surface area contributed by atoms with Crippen LogP contribution in [0.4, 0.5) is 0 Å². The third-order valence-corrected chi connectivity index (χ3v) is 6.01. The molecule has 2 aliphatic heterocycles. The molecule has 0 spiro atoms. The van der Waals surface area contributed by atoms with Gasteiger partial charge in [0.2, 0.25) is 11.8 Å². The molecular weight excluding hydrogens is 370 g/mol. The normalized spacial score (nSPS) is 20.4. The molecule has 0 radical (unpaired) electrons. The SMILES string of the molecule is COc1ccc(CC(=O)N2CCN(CC(=O)N3CCCC[C@H]3C)CC2)cc1OC. The van der Waals surface area contributed by atoms with Crippen LogP contribution in [0.3, 0.4) is 0 Å². The van der Waals surface area contributed by atoms with Crippen molar-refractivity contribution >= 4 is 11.8 Å². The van der Waals surface area contributed by atoms with Crippen LogP contribution in [-0.4, -0.2) is 86.0 Å². The number of benzene rings is 1. The van der Waals surface area contributed by atoms with E-state index in [1.54, 1.807) is 14.2 Å². The van der Waals surface area contributed by atoms with Gasteiger partial charge in [-0.25, -0.2) is 0 Å². The lowest BCUT2D eigenvalue weighted by atomic mass is 10.0. The predicted octanol–water partition coefficient (Wildman–Crippen LogP) is 1.79. The number of carbonyl (C=O) groups excluding carboxylic acids is 2. The van der Waals surface area contributed by atoms with Gasteiger partial charge in [-0.15, -0.1) is 0 Å². The number of hydrogen-bond donors (Lipinski definition) is 0. The summed E-state index contributed by atoms with van der Waals surface area (Å²) >= 11 is 0. The molecule has 3 rings (SSSR count). The van der Waals surface area contributed by atoms with E-state index in [0.717, 1.165) is 38.0 Å². The molecule has 29 heavy (non-hydrogen) atoms. The van der Waals surface area contributed by atoms with Gasteiger partial charge in [-0.05, 0) is 43.9 Å². The number of piperidine rings is 1. The van der Waals surface area contributed by atoms with Crippen LogP contribution in [0.15, 0.2) is 18.2 Å². The van der Waals surface area contributed by atoms with Crippen LogP contribution in [0.2, 0.25) is 0 Å². The molecule has 2 fully saturated rings. The first-order chi connectivity index (χ1) is 14.0. The van der Waals surface area contributed by atoms with Gasteiger partial charge in [-0.3, -0.25) is 14.5 Å². The molecule has 2 saturated heterocycles. The first kappa shape index (κ1) is 21.4. The average molecular weight is 404 g/mol. The Morgan fingerprint density at radius 1 is 0.966 bits per heavy atom. The molecule has 7 heteroatoms. The van der Waals surface area contributed by atoms with Crippen LogP contribution in [0, 0.1) is 0 Å². The van der Waals surface area contributed by atoms with Crippen LogP contribution in [0.1, 0.15) is 31.7 Å². The van der Waals surface area contributed by atoms with Crippen LogP contribution in [-0.2, 0) is 16.0 Å². The minimum absolute atomic E-state index is 0.104. The third kappa shape index (κ3) is 5.41. The minimum Gasteiger partial charge on any atom is -0.493 e. The van der Waals surface area contributed by atoms with Crippen molar-refractivity contribution in [3.8, 4) is 11.5 Å². The number of likely N-dealkylation sites (tertiary alicyclic amines) is 1. The standard InChI is InChI=1S/C22H33N3O4/c1-17-6-4-5-9-25(17)22(27)16-23-10-12-24(13-11-23)21(26)15-18-7-8-19(28-2)20(14-18)29-3/h7-8,14,17H,4-6,9-13,15-16H2,1-3H3/t17-/m1/s1. The van der Waals surface area contributed by atoms with Crippen molar-refractivity contribution in [1.82, 2.24) is 14.7 Å². The zero-order chi connectivity index (χ0) is 20.8. The number of piperazine rings is 1. The lowest BCUT2D eigenvalue weighted by Gasteiger charge is -2.38. The van der Waals surface area contributed by atoms with E-state index in [1.165, 1.54) is 6.42 Å². The Hall–Kier alpha value is -2.28. The van der Waals surface area contributed by atoms with Gasteiger partial charge in [-0.2, -0.15) is 0 Å². The summed E-state index contributed by atoms with van der Waals surface area (Å²) in [6.45, 7) is 6.29. The molecule has 0 N–H and O–H groups in total. The number of ether oxygens (including phenoxy) is 2. The molecule has 1 atom stereocenters. The second-order valence-corrected chi connectivity index (χ2v) is 7.95. The fraction of sp³-hybridized carbons (Fsp3) is 0.636. The number of rotatable bonds is 6. The smallest absolute Gasteiger partial charge is 0.236 e. The van der Waals surface area contributed by atoms with Crippen LogP contribution in [0.25, 0.3) is 0 Å². The molecule has 2 aliphatic rings. The van der Waals surface area contributed by atoms with E-state index >= 15 is 0 Å². The monoisotopic (exact) mass is 403 g/mol. The van der Waals surface area contributed by atoms with E-state index in [-0.39, 0.29) is 11.8 Å². The molecule has 160 valence electrons. The Morgan fingerprint density at radius 2 is 1.69 bits per heavy atom. The molecule has 2 amide bonds. The summed E-state index contributed by atoms with van der Waals surface area (Å²) in [5.74, 6) is 1.62. The lowest BCUT2D eigenvalue weighted by molar-refractivity contribution is -0.137. The van der Waals surface area contributed by atoms with Crippen molar-refractivity contribution in [1.29, 1.82) is 0 Å². The molecule has 0 aliphatic carbocycles. The van der Waals surface area contributed by atoms with E-state index in [9.17, 15) is 9.59 Å². The van der Waals surface area contributed by atoms with Gasteiger partial charge >= 0.3 is 0 Å². The highest BCUT2D eigenvalue weighted by molar-refractivity contribution is 5.80. The minimum atomic E-state index is 0.104. The molecule has 7 nitrogen and oxygen atoms in total. The molecule has 0 saturated carbocycles. The number of carbonyl (C=O) groups is 2. The predicted molar refractivity (Wildman–Crippen MR) is 111 cm³/mol. The fourth-order valence-electron chi connectivity index (χ4n) is 4.18. The lowest BCUT2D eigenvalue weighted by Crippen LogP contribution is -2.53. The summed E-state index contributed by atoms with van der Waals surface area (Å²) in [6.07, 6.45) is 3.76. The van der Waals surface area contributed by atoms with Crippen molar-refractivity contribution in [3.63, 3.8) is 0 Å².